The van der Waals surface area contributed by atoms with Crippen molar-refractivity contribution in [1.82, 2.24) is 4.57 Å². The average Bonchev–Trinajstić information content (AvgIpc) is 2.96. The summed E-state index contributed by atoms with van der Waals surface area (Å²) in [4.78, 5) is 35.7. The lowest BCUT2D eigenvalue weighted by molar-refractivity contribution is -0.116. The number of nitrogens with zero attached hydrogens (tertiary/aromatic N) is 1. The van der Waals surface area contributed by atoms with E-state index in [0.29, 0.717) is 16.8 Å². The number of ether oxygens (including phenoxy) is 1. The molecule has 7 nitrogen and oxygen atoms in total. The smallest absolute Gasteiger partial charge is 0.419 e. The molecule has 0 bridgehead atoms. The summed E-state index contributed by atoms with van der Waals surface area (Å²) >= 11 is 6.05. The Labute approximate surface area is 153 Å². The van der Waals surface area contributed by atoms with Gasteiger partial charge in [-0.15, -0.1) is 0 Å². The quantitative estimate of drug-likeness (QED) is 0.693. The number of nitrogens with one attached hydrogen (secondary N) is 1. The second-order valence-corrected chi connectivity index (χ2v) is 5.88. The van der Waals surface area contributed by atoms with Crippen LogP contribution in [0.5, 0.6) is 0 Å². The van der Waals surface area contributed by atoms with Crippen LogP contribution in [-0.2, 0) is 16.1 Å². The molecule has 0 unspecified atom stereocenters. The number of methoxy groups -OCH3 is 1. The number of aryl methyl sites for hydroxylation is 1. The van der Waals surface area contributed by atoms with Gasteiger partial charge >= 0.3 is 11.7 Å². The SMILES string of the molecule is COC(=O)c1ccc(Cl)c(NC(=O)CCn2c(=O)oc3ccccc32)c1. The van der Waals surface area contributed by atoms with Gasteiger partial charge in [0.2, 0.25) is 5.91 Å². The van der Waals surface area contributed by atoms with E-state index < -0.39 is 11.7 Å². The molecule has 3 aromatic rings. The van der Waals surface area contributed by atoms with Gasteiger partial charge in [-0.1, -0.05) is 23.7 Å². The fourth-order valence-corrected chi connectivity index (χ4v) is 2.68. The highest BCUT2D eigenvalue weighted by Gasteiger charge is 2.13. The van der Waals surface area contributed by atoms with E-state index in [0.717, 1.165) is 0 Å². The lowest BCUT2D eigenvalue weighted by Crippen LogP contribution is -2.20. The predicted octanol–water partition coefficient (Wildman–Crippen LogP) is 3.06. The minimum Gasteiger partial charge on any atom is -0.465 e. The number of halogens is 1. The van der Waals surface area contributed by atoms with Crippen LogP contribution in [0, 0.1) is 0 Å². The Balaban J connectivity index is 1.72. The summed E-state index contributed by atoms with van der Waals surface area (Å²) in [5.74, 6) is -1.41. The maximum atomic E-state index is 12.2. The number of amides is 1. The molecule has 8 heteroatoms. The highest BCUT2D eigenvalue weighted by Crippen LogP contribution is 2.23. The molecule has 134 valence electrons. The van der Waals surface area contributed by atoms with E-state index in [1.165, 1.54) is 29.9 Å². The first kappa shape index (κ1) is 17.8. The van der Waals surface area contributed by atoms with E-state index >= 15 is 0 Å². The van der Waals surface area contributed by atoms with Gasteiger partial charge in [0.1, 0.15) is 0 Å². The maximum Gasteiger partial charge on any atom is 0.419 e. The van der Waals surface area contributed by atoms with Crippen molar-refractivity contribution < 1.29 is 18.7 Å². The molecule has 0 aliphatic carbocycles. The topological polar surface area (TPSA) is 90.5 Å². The first-order chi connectivity index (χ1) is 12.5. The number of hydrogen-bond acceptors (Lipinski definition) is 5. The van der Waals surface area contributed by atoms with Crippen LogP contribution < -0.4 is 11.1 Å². The molecule has 0 fully saturated rings. The monoisotopic (exact) mass is 374 g/mol. The lowest BCUT2D eigenvalue weighted by atomic mass is 10.2. The summed E-state index contributed by atoms with van der Waals surface area (Å²) in [5, 5.41) is 2.92. The average molecular weight is 375 g/mol. The Morgan fingerprint density at radius 3 is 2.77 bits per heavy atom. The number of rotatable bonds is 5. The third-order valence-electron chi connectivity index (χ3n) is 3.80. The molecule has 1 heterocycles. The molecule has 0 aliphatic rings. The van der Waals surface area contributed by atoms with Gasteiger partial charge < -0.3 is 14.5 Å². The number of fused-ring (bicyclic) bond motifs is 1. The number of oxazole rings is 1. The minimum absolute atomic E-state index is 0.0300. The lowest BCUT2D eigenvalue weighted by Gasteiger charge is -2.09. The molecule has 2 aromatic carbocycles. The Morgan fingerprint density at radius 2 is 2.00 bits per heavy atom. The highest BCUT2D eigenvalue weighted by atomic mass is 35.5. The molecule has 1 amide bonds. The molecule has 0 aliphatic heterocycles. The first-order valence-electron chi connectivity index (χ1n) is 7.75. The molecule has 0 spiro atoms. The minimum atomic E-state index is -0.534. The third-order valence-corrected chi connectivity index (χ3v) is 4.13. The number of esters is 1. The zero-order valence-corrected chi connectivity index (χ0v) is 14.6. The fourth-order valence-electron chi connectivity index (χ4n) is 2.52. The predicted molar refractivity (Wildman–Crippen MR) is 96.5 cm³/mol. The molecule has 26 heavy (non-hydrogen) atoms. The van der Waals surface area contributed by atoms with E-state index in [4.69, 9.17) is 16.0 Å². The van der Waals surface area contributed by atoms with Crippen molar-refractivity contribution in [1.29, 1.82) is 0 Å². The fraction of sp³-hybridized carbons (Fsp3) is 0.167. The van der Waals surface area contributed by atoms with Crippen molar-refractivity contribution in [2.75, 3.05) is 12.4 Å². The maximum absolute atomic E-state index is 12.2. The van der Waals surface area contributed by atoms with Crippen molar-refractivity contribution in [2.24, 2.45) is 0 Å². The number of hydrogen-bond donors (Lipinski definition) is 1. The van der Waals surface area contributed by atoms with Gasteiger partial charge in [-0.2, -0.15) is 0 Å². The Bertz CT molecular complexity index is 1040. The van der Waals surface area contributed by atoms with E-state index in [-0.39, 0.29) is 29.5 Å². The van der Waals surface area contributed by atoms with Crippen molar-refractivity contribution in [3.05, 3.63) is 63.6 Å². The standard InChI is InChI=1S/C18H15ClN2O5/c1-25-17(23)11-6-7-12(19)13(10-11)20-16(22)8-9-21-14-4-2-3-5-15(14)26-18(21)24/h2-7,10H,8-9H2,1H3,(H,20,22). The van der Waals surface area contributed by atoms with Gasteiger partial charge in [0.25, 0.3) is 0 Å². The van der Waals surface area contributed by atoms with Gasteiger partial charge in [0.15, 0.2) is 5.58 Å². The molecule has 0 atom stereocenters. The second-order valence-electron chi connectivity index (χ2n) is 5.47. The van der Waals surface area contributed by atoms with Gasteiger partial charge in [0, 0.05) is 13.0 Å². The number of anilines is 1. The van der Waals surface area contributed by atoms with Gasteiger partial charge in [0.05, 0.1) is 28.9 Å². The van der Waals surface area contributed by atoms with Crippen LogP contribution in [-0.4, -0.2) is 23.6 Å². The van der Waals surface area contributed by atoms with Crippen LogP contribution in [0.15, 0.2) is 51.7 Å². The first-order valence-corrected chi connectivity index (χ1v) is 8.13. The second kappa shape index (κ2) is 7.45. The zero-order chi connectivity index (χ0) is 18.7. The number of carbonyl (C=O) groups is 2. The summed E-state index contributed by atoms with van der Waals surface area (Å²) in [6.45, 7) is 0.149. The zero-order valence-electron chi connectivity index (χ0n) is 13.8. The molecule has 0 saturated heterocycles. The van der Waals surface area contributed by atoms with E-state index in [1.807, 2.05) is 0 Å². The Morgan fingerprint density at radius 1 is 1.23 bits per heavy atom. The third kappa shape index (κ3) is 3.62. The summed E-state index contributed by atoms with van der Waals surface area (Å²) in [7, 11) is 1.27. The van der Waals surface area contributed by atoms with Crippen molar-refractivity contribution >= 4 is 40.3 Å². The van der Waals surface area contributed by atoms with Crippen LogP contribution in [0.1, 0.15) is 16.8 Å². The molecule has 0 saturated carbocycles. The number of carbonyl (C=O) groups excluding carboxylic acids is 2. The largest absolute Gasteiger partial charge is 0.465 e. The van der Waals surface area contributed by atoms with Crippen LogP contribution in [0.25, 0.3) is 11.1 Å². The molecular weight excluding hydrogens is 360 g/mol. The van der Waals surface area contributed by atoms with Crippen molar-refractivity contribution in [2.45, 2.75) is 13.0 Å². The Kier molecular flexibility index (Phi) is 5.09. The van der Waals surface area contributed by atoms with Crippen molar-refractivity contribution in [3.63, 3.8) is 0 Å². The van der Waals surface area contributed by atoms with Crippen LogP contribution >= 0.6 is 11.6 Å². The normalized spacial score (nSPS) is 10.7. The number of benzene rings is 2. The summed E-state index contributed by atoms with van der Waals surface area (Å²) in [6, 6.07) is 11.4. The molecule has 1 N–H and O–H groups in total. The summed E-state index contributed by atoms with van der Waals surface area (Å²) < 4.78 is 11.2. The van der Waals surface area contributed by atoms with Crippen LogP contribution in [0.2, 0.25) is 5.02 Å². The molecular formula is C18H15ClN2O5. The van der Waals surface area contributed by atoms with Gasteiger partial charge in [-0.25, -0.2) is 9.59 Å². The summed E-state index contributed by atoms with van der Waals surface area (Å²) in [5.41, 5.74) is 1.65. The van der Waals surface area contributed by atoms with E-state index in [1.54, 1.807) is 24.3 Å². The van der Waals surface area contributed by atoms with Gasteiger partial charge in [-0.05, 0) is 30.3 Å². The van der Waals surface area contributed by atoms with Gasteiger partial charge in [-0.3, -0.25) is 9.36 Å². The van der Waals surface area contributed by atoms with Crippen molar-refractivity contribution in [3.8, 4) is 0 Å². The van der Waals surface area contributed by atoms with Crippen LogP contribution in [0.3, 0.4) is 0 Å². The molecule has 1 aromatic heterocycles. The van der Waals surface area contributed by atoms with Crippen LogP contribution in [0.4, 0.5) is 5.69 Å². The highest BCUT2D eigenvalue weighted by molar-refractivity contribution is 6.33. The Hall–Kier alpha value is -3.06. The van der Waals surface area contributed by atoms with E-state index in [2.05, 4.69) is 10.1 Å². The molecule has 3 rings (SSSR count). The summed E-state index contributed by atoms with van der Waals surface area (Å²) in [6.07, 6.45) is 0.0300. The number of para-hydroxylation sites is 2. The molecule has 0 radical (unpaired) electrons. The number of aromatic nitrogens is 1. The van der Waals surface area contributed by atoms with E-state index in [9.17, 15) is 14.4 Å².